The van der Waals surface area contributed by atoms with Crippen LogP contribution in [0.2, 0.25) is 0 Å². The zero-order valence-electron chi connectivity index (χ0n) is 8.64. The maximum Gasteiger partial charge on any atom is 0.273 e. The summed E-state index contributed by atoms with van der Waals surface area (Å²) in [5.74, 6) is -0.0573. The molecule has 0 aromatic carbocycles. The van der Waals surface area contributed by atoms with Crippen LogP contribution in [0.15, 0.2) is 5.38 Å². The first-order valence-electron chi connectivity index (χ1n) is 5.06. The molecule has 82 valence electrons. The Balaban J connectivity index is 2.07. The highest BCUT2D eigenvalue weighted by atomic mass is 32.1. The molecule has 1 atom stereocenters. The fourth-order valence-electron chi connectivity index (χ4n) is 1.76. The molecule has 1 aromatic rings. The normalized spacial score (nSPS) is 21.7. The summed E-state index contributed by atoms with van der Waals surface area (Å²) in [6, 6.07) is 0. The van der Waals surface area contributed by atoms with Crippen LogP contribution < -0.4 is 0 Å². The molecule has 1 N–H and O–H groups in total. The Hall–Kier alpha value is -0.940. The number of piperidine rings is 1. The molecule has 0 bridgehead atoms. The highest BCUT2D eigenvalue weighted by Crippen LogP contribution is 2.15. The van der Waals surface area contributed by atoms with Crippen LogP contribution >= 0.6 is 11.3 Å². The summed E-state index contributed by atoms with van der Waals surface area (Å²) in [7, 11) is 0. The van der Waals surface area contributed by atoms with Crippen molar-refractivity contribution in [1.82, 2.24) is 9.88 Å². The van der Waals surface area contributed by atoms with Gasteiger partial charge in [0, 0.05) is 18.5 Å². The Morgan fingerprint density at radius 3 is 3.13 bits per heavy atom. The zero-order valence-corrected chi connectivity index (χ0v) is 9.46. The molecule has 0 unspecified atom stereocenters. The number of β-amino-alcohol motifs (C(OH)–C–C–N with tert-alkyl or cyclic N) is 1. The van der Waals surface area contributed by atoms with E-state index >= 15 is 0 Å². The van der Waals surface area contributed by atoms with Crippen molar-refractivity contribution < 1.29 is 9.90 Å². The fourth-order valence-corrected chi connectivity index (χ4v) is 2.35. The van der Waals surface area contributed by atoms with Crippen molar-refractivity contribution in [2.75, 3.05) is 13.1 Å². The predicted octanol–water partition coefficient (Wildman–Crippen LogP) is 1.05. The van der Waals surface area contributed by atoms with Gasteiger partial charge in [-0.15, -0.1) is 11.3 Å². The number of thiazole rings is 1. The second-order valence-electron chi connectivity index (χ2n) is 3.80. The summed E-state index contributed by atoms with van der Waals surface area (Å²) in [4.78, 5) is 17.8. The van der Waals surface area contributed by atoms with E-state index in [4.69, 9.17) is 0 Å². The molecule has 0 saturated carbocycles. The lowest BCUT2D eigenvalue weighted by Gasteiger charge is -2.29. The molecule has 2 heterocycles. The SMILES string of the molecule is Cc1nc(C(=O)N2CCC[C@@H](O)C2)cs1. The first-order valence-corrected chi connectivity index (χ1v) is 5.94. The number of carbonyl (C=O) groups excluding carboxylic acids is 1. The number of carbonyl (C=O) groups is 1. The molecule has 0 spiro atoms. The van der Waals surface area contributed by atoms with Gasteiger partial charge in [-0.05, 0) is 19.8 Å². The summed E-state index contributed by atoms with van der Waals surface area (Å²) >= 11 is 1.48. The topological polar surface area (TPSA) is 53.4 Å². The summed E-state index contributed by atoms with van der Waals surface area (Å²) in [6.45, 7) is 3.05. The Morgan fingerprint density at radius 1 is 1.73 bits per heavy atom. The minimum Gasteiger partial charge on any atom is -0.391 e. The lowest BCUT2D eigenvalue weighted by Crippen LogP contribution is -2.42. The molecule has 2 rings (SSSR count). The number of aliphatic hydroxyl groups is 1. The number of aryl methyl sites for hydroxylation is 1. The van der Waals surface area contributed by atoms with E-state index in [0.717, 1.165) is 24.4 Å². The maximum absolute atomic E-state index is 11.9. The monoisotopic (exact) mass is 226 g/mol. The number of hydrogen-bond donors (Lipinski definition) is 1. The van der Waals surface area contributed by atoms with E-state index in [1.54, 1.807) is 10.3 Å². The van der Waals surface area contributed by atoms with Crippen LogP contribution in [0.3, 0.4) is 0 Å². The second kappa shape index (κ2) is 4.28. The van der Waals surface area contributed by atoms with E-state index in [1.165, 1.54) is 11.3 Å². The third kappa shape index (κ3) is 2.35. The van der Waals surface area contributed by atoms with Gasteiger partial charge in [-0.25, -0.2) is 4.98 Å². The van der Waals surface area contributed by atoms with E-state index in [-0.39, 0.29) is 12.0 Å². The van der Waals surface area contributed by atoms with Gasteiger partial charge in [0.05, 0.1) is 11.1 Å². The molecule has 1 amide bonds. The second-order valence-corrected chi connectivity index (χ2v) is 4.86. The first-order chi connectivity index (χ1) is 7.16. The van der Waals surface area contributed by atoms with Crippen molar-refractivity contribution in [3.05, 3.63) is 16.1 Å². The lowest BCUT2D eigenvalue weighted by atomic mass is 10.1. The number of nitrogens with zero attached hydrogens (tertiary/aromatic N) is 2. The average Bonchev–Trinajstić information content (AvgIpc) is 2.64. The van der Waals surface area contributed by atoms with Gasteiger partial charge >= 0.3 is 0 Å². The maximum atomic E-state index is 11.9. The Labute approximate surface area is 92.6 Å². The molecule has 1 aliphatic heterocycles. The minimum absolute atomic E-state index is 0.0573. The van der Waals surface area contributed by atoms with E-state index in [0.29, 0.717) is 12.2 Å². The lowest BCUT2D eigenvalue weighted by molar-refractivity contribution is 0.0469. The first kappa shape index (κ1) is 10.6. The number of aromatic nitrogens is 1. The van der Waals surface area contributed by atoms with Gasteiger partial charge in [-0.1, -0.05) is 0 Å². The van der Waals surface area contributed by atoms with Crippen LogP contribution in [-0.2, 0) is 0 Å². The third-order valence-electron chi connectivity index (χ3n) is 2.52. The van der Waals surface area contributed by atoms with Gasteiger partial charge in [0.25, 0.3) is 5.91 Å². The summed E-state index contributed by atoms with van der Waals surface area (Å²) in [6.07, 6.45) is 1.29. The molecule has 0 aliphatic carbocycles. The van der Waals surface area contributed by atoms with E-state index in [9.17, 15) is 9.90 Å². The molecular weight excluding hydrogens is 212 g/mol. The van der Waals surface area contributed by atoms with Crippen molar-refractivity contribution in [3.63, 3.8) is 0 Å². The summed E-state index contributed by atoms with van der Waals surface area (Å²) < 4.78 is 0. The Kier molecular flexibility index (Phi) is 3.02. The van der Waals surface area contributed by atoms with Crippen LogP contribution in [0.1, 0.15) is 28.3 Å². The quantitative estimate of drug-likeness (QED) is 0.778. The van der Waals surface area contributed by atoms with Crippen LogP contribution in [0.25, 0.3) is 0 Å². The minimum atomic E-state index is -0.373. The molecular formula is C10H14N2O2S. The molecule has 4 nitrogen and oxygen atoms in total. The van der Waals surface area contributed by atoms with Crippen molar-refractivity contribution in [1.29, 1.82) is 0 Å². The van der Waals surface area contributed by atoms with Gasteiger partial charge in [-0.3, -0.25) is 4.79 Å². The molecule has 5 heteroatoms. The van der Waals surface area contributed by atoms with E-state index < -0.39 is 0 Å². The van der Waals surface area contributed by atoms with Gasteiger partial charge < -0.3 is 10.0 Å². The number of aliphatic hydroxyl groups excluding tert-OH is 1. The molecule has 1 aromatic heterocycles. The smallest absolute Gasteiger partial charge is 0.273 e. The number of hydrogen-bond acceptors (Lipinski definition) is 4. The van der Waals surface area contributed by atoms with Gasteiger partial charge in [0.1, 0.15) is 5.69 Å². The Bertz CT molecular complexity index is 364. The van der Waals surface area contributed by atoms with Gasteiger partial charge in [0.2, 0.25) is 0 Å². The molecule has 1 aliphatic rings. The van der Waals surface area contributed by atoms with Gasteiger partial charge in [0.15, 0.2) is 0 Å². The summed E-state index contributed by atoms with van der Waals surface area (Å²) in [5, 5.41) is 12.1. The van der Waals surface area contributed by atoms with Crippen LogP contribution in [0.4, 0.5) is 0 Å². The van der Waals surface area contributed by atoms with E-state index in [1.807, 2.05) is 6.92 Å². The molecule has 0 radical (unpaired) electrons. The molecule has 15 heavy (non-hydrogen) atoms. The zero-order chi connectivity index (χ0) is 10.8. The van der Waals surface area contributed by atoms with Crippen LogP contribution in [-0.4, -0.2) is 40.1 Å². The standard InChI is InChI=1S/C10H14N2O2S/c1-7-11-9(6-15-7)10(14)12-4-2-3-8(13)5-12/h6,8,13H,2-5H2,1H3/t8-/m1/s1. The van der Waals surface area contributed by atoms with Crippen LogP contribution in [0, 0.1) is 6.92 Å². The molecule has 1 fully saturated rings. The predicted molar refractivity (Wildman–Crippen MR) is 58.0 cm³/mol. The van der Waals surface area contributed by atoms with Crippen molar-refractivity contribution in [3.8, 4) is 0 Å². The molecule has 1 saturated heterocycles. The largest absolute Gasteiger partial charge is 0.391 e. The highest BCUT2D eigenvalue weighted by molar-refractivity contribution is 7.09. The van der Waals surface area contributed by atoms with Crippen LogP contribution in [0.5, 0.6) is 0 Å². The van der Waals surface area contributed by atoms with Crippen molar-refractivity contribution in [2.24, 2.45) is 0 Å². The number of likely N-dealkylation sites (tertiary alicyclic amines) is 1. The Morgan fingerprint density at radius 2 is 2.53 bits per heavy atom. The van der Waals surface area contributed by atoms with Crippen molar-refractivity contribution in [2.45, 2.75) is 25.9 Å². The van der Waals surface area contributed by atoms with Crippen molar-refractivity contribution >= 4 is 17.2 Å². The number of amides is 1. The van der Waals surface area contributed by atoms with E-state index in [2.05, 4.69) is 4.98 Å². The average molecular weight is 226 g/mol. The summed E-state index contributed by atoms with van der Waals surface area (Å²) in [5.41, 5.74) is 0.506. The van der Waals surface area contributed by atoms with Gasteiger partial charge in [-0.2, -0.15) is 0 Å². The fraction of sp³-hybridized carbons (Fsp3) is 0.600. The third-order valence-corrected chi connectivity index (χ3v) is 3.30. The number of rotatable bonds is 1. The highest BCUT2D eigenvalue weighted by Gasteiger charge is 2.24.